The van der Waals surface area contributed by atoms with Gasteiger partial charge in [-0.1, -0.05) is 48.0 Å². The van der Waals surface area contributed by atoms with Crippen LogP contribution in [0.15, 0.2) is 54.6 Å². The molecule has 0 saturated heterocycles. The van der Waals surface area contributed by atoms with Crippen LogP contribution in [0.1, 0.15) is 21.5 Å². The van der Waals surface area contributed by atoms with E-state index in [-0.39, 0.29) is 24.0 Å². The molecule has 1 N–H and O–H groups in total. The highest BCUT2D eigenvalue weighted by molar-refractivity contribution is 7.90. The molecule has 0 heterocycles. The Bertz CT molecular complexity index is 740. The highest BCUT2D eigenvalue weighted by Crippen LogP contribution is 2.06. The first kappa shape index (κ1) is 16.2. The van der Waals surface area contributed by atoms with Gasteiger partial charge in [-0.15, -0.1) is 0 Å². The molecule has 4 nitrogen and oxygen atoms in total. The van der Waals surface area contributed by atoms with Gasteiger partial charge in [-0.3, -0.25) is 4.79 Å². The molecular formula is C17H19NO3S. The lowest BCUT2D eigenvalue weighted by Crippen LogP contribution is -2.29. The summed E-state index contributed by atoms with van der Waals surface area (Å²) in [7, 11) is -3.24. The Balaban J connectivity index is 1.86. The molecule has 116 valence electrons. The van der Waals surface area contributed by atoms with Gasteiger partial charge in [-0.05, 0) is 24.6 Å². The van der Waals surface area contributed by atoms with Crippen molar-refractivity contribution in [1.82, 2.24) is 5.32 Å². The lowest BCUT2D eigenvalue weighted by Gasteiger charge is -2.07. The Kier molecular flexibility index (Phi) is 5.33. The first-order valence-corrected chi connectivity index (χ1v) is 8.88. The summed E-state index contributed by atoms with van der Waals surface area (Å²) in [6, 6.07) is 16.2. The molecule has 2 rings (SSSR count). The molecule has 22 heavy (non-hydrogen) atoms. The second-order valence-corrected chi connectivity index (χ2v) is 7.39. The number of carbonyl (C=O) groups excluding carboxylic acids is 1. The third-order valence-electron chi connectivity index (χ3n) is 3.21. The summed E-state index contributed by atoms with van der Waals surface area (Å²) in [5, 5.41) is 2.65. The second kappa shape index (κ2) is 7.22. The monoisotopic (exact) mass is 317 g/mol. The molecule has 0 aromatic heterocycles. The Hall–Kier alpha value is -2.14. The molecule has 0 aliphatic rings. The van der Waals surface area contributed by atoms with E-state index in [4.69, 9.17) is 0 Å². The number of hydrogen-bond acceptors (Lipinski definition) is 3. The van der Waals surface area contributed by atoms with Crippen LogP contribution in [0.3, 0.4) is 0 Å². The summed E-state index contributed by atoms with van der Waals surface area (Å²) >= 11 is 0. The van der Waals surface area contributed by atoms with E-state index in [0.29, 0.717) is 5.56 Å². The minimum Gasteiger partial charge on any atom is -0.351 e. The third-order valence-corrected chi connectivity index (χ3v) is 4.81. The summed E-state index contributed by atoms with van der Waals surface area (Å²) in [4.78, 5) is 11.9. The van der Waals surface area contributed by atoms with Crippen LogP contribution < -0.4 is 5.32 Å². The van der Waals surface area contributed by atoms with Gasteiger partial charge in [0.15, 0.2) is 9.84 Å². The number of carbonyl (C=O) groups is 1. The van der Waals surface area contributed by atoms with E-state index in [1.807, 2.05) is 31.2 Å². The molecule has 0 unspecified atom stereocenters. The zero-order valence-electron chi connectivity index (χ0n) is 12.5. The van der Waals surface area contributed by atoms with Crippen molar-refractivity contribution in [1.29, 1.82) is 0 Å². The molecular weight excluding hydrogens is 298 g/mol. The molecule has 0 atom stereocenters. The molecule has 0 radical (unpaired) electrons. The number of nitrogens with one attached hydrogen (secondary N) is 1. The van der Waals surface area contributed by atoms with Crippen molar-refractivity contribution in [3.8, 4) is 0 Å². The number of aryl methyl sites for hydroxylation is 1. The van der Waals surface area contributed by atoms with Gasteiger partial charge in [0.1, 0.15) is 0 Å². The summed E-state index contributed by atoms with van der Waals surface area (Å²) in [6.45, 7) is 2.02. The number of hydrogen-bond donors (Lipinski definition) is 1. The lowest BCUT2D eigenvalue weighted by atomic mass is 10.1. The lowest BCUT2D eigenvalue weighted by molar-refractivity contribution is 0.0956. The van der Waals surface area contributed by atoms with E-state index in [1.165, 1.54) is 0 Å². The highest BCUT2D eigenvalue weighted by Gasteiger charge is 2.13. The van der Waals surface area contributed by atoms with Crippen LogP contribution in [0.25, 0.3) is 0 Å². The molecule has 2 aromatic carbocycles. The van der Waals surface area contributed by atoms with Gasteiger partial charge in [0, 0.05) is 12.1 Å². The van der Waals surface area contributed by atoms with Crippen molar-refractivity contribution in [2.75, 3.05) is 12.3 Å². The van der Waals surface area contributed by atoms with Gasteiger partial charge in [-0.2, -0.15) is 0 Å². The van der Waals surface area contributed by atoms with Crippen LogP contribution in [0, 0.1) is 6.92 Å². The van der Waals surface area contributed by atoms with Crippen molar-refractivity contribution in [2.24, 2.45) is 0 Å². The molecule has 0 spiro atoms. The van der Waals surface area contributed by atoms with Gasteiger partial charge in [-0.25, -0.2) is 8.42 Å². The predicted octanol–water partition coefficient (Wildman–Crippen LogP) is 2.34. The Labute approximate surface area is 131 Å². The zero-order valence-corrected chi connectivity index (χ0v) is 13.3. The van der Waals surface area contributed by atoms with Crippen molar-refractivity contribution in [3.05, 3.63) is 71.3 Å². The van der Waals surface area contributed by atoms with E-state index >= 15 is 0 Å². The SMILES string of the molecule is Cc1cccc(C(=O)NCCS(=O)(=O)Cc2ccccc2)c1. The van der Waals surface area contributed by atoms with Crippen LogP contribution in [-0.4, -0.2) is 26.6 Å². The highest BCUT2D eigenvalue weighted by atomic mass is 32.2. The van der Waals surface area contributed by atoms with Gasteiger partial charge in [0.25, 0.3) is 5.91 Å². The fourth-order valence-electron chi connectivity index (χ4n) is 2.11. The first-order chi connectivity index (χ1) is 10.5. The molecule has 5 heteroatoms. The van der Waals surface area contributed by atoms with Gasteiger partial charge < -0.3 is 5.32 Å². The minimum absolute atomic E-state index is 0.00580. The van der Waals surface area contributed by atoms with Crippen molar-refractivity contribution in [2.45, 2.75) is 12.7 Å². The van der Waals surface area contributed by atoms with Crippen LogP contribution in [0.2, 0.25) is 0 Å². The maximum absolute atomic E-state index is 12.0. The quantitative estimate of drug-likeness (QED) is 0.889. The normalized spacial score (nSPS) is 11.1. The fourth-order valence-corrected chi connectivity index (χ4v) is 3.37. The average Bonchev–Trinajstić information content (AvgIpc) is 2.47. The smallest absolute Gasteiger partial charge is 0.251 e. The second-order valence-electron chi connectivity index (χ2n) is 5.20. The van der Waals surface area contributed by atoms with E-state index in [9.17, 15) is 13.2 Å². The van der Waals surface area contributed by atoms with Gasteiger partial charge >= 0.3 is 0 Å². The van der Waals surface area contributed by atoms with Crippen LogP contribution in [0.4, 0.5) is 0 Å². The zero-order chi connectivity index (χ0) is 16.0. The standard InChI is InChI=1S/C17H19NO3S/c1-14-6-5-9-16(12-14)17(19)18-10-11-22(20,21)13-15-7-3-2-4-8-15/h2-9,12H,10-11,13H2,1H3,(H,18,19). The Morgan fingerprint density at radius 2 is 1.77 bits per heavy atom. The molecule has 1 amide bonds. The molecule has 0 aliphatic heterocycles. The first-order valence-electron chi connectivity index (χ1n) is 7.05. The van der Waals surface area contributed by atoms with E-state index in [2.05, 4.69) is 5.32 Å². The summed E-state index contributed by atoms with van der Waals surface area (Å²) in [5.41, 5.74) is 2.29. The van der Waals surface area contributed by atoms with Crippen LogP contribution in [0.5, 0.6) is 0 Å². The third kappa shape index (κ3) is 5.00. The van der Waals surface area contributed by atoms with Crippen LogP contribution >= 0.6 is 0 Å². The minimum atomic E-state index is -3.24. The van der Waals surface area contributed by atoms with E-state index in [1.54, 1.807) is 30.3 Å². The molecule has 0 bridgehead atoms. The maximum Gasteiger partial charge on any atom is 0.251 e. The maximum atomic E-state index is 12.0. The van der Waals surface area contributed by atoms with Gasteiger partial charge in [0.2, 0.25) is 0 Å². The summed E-state index contributed by atoms with van der Waals surface area (Å²) in [6.07, 6.45) is 0. The average molecular weight is 317 g/mol. The predicted molar refractivity (Wildman–Crippen MR) is 87.4 cm³/mol. The van der Waals surface area contributed by atoms with Crippen molar-refractivity contribution < 1.29 is 13.2 Å². The fraction of sp³-hybridized carbons (Fsp3) is 0.235. The number of benzene rings is 2. The van der Waals surface area contributed by atoms with E-state index in [0.717, 1.165) is 11.1 Å². The van der Waals surface area contributed by atoms with Crippen LogP contribution in [-0.2, 0) is 15.6 Å². The van der Waals surface area contributed by atoms with Crippen molar-refractivity contribution >= 4 is 15.7 Å². The Morgan fingerprint density at radius 3 is 2.45 bits per heavy atom. The number of sulfone groups is 1. The largest absolute Gasteiger partial charge is 0.351 e. The molecule has 0 aliphatic carbocycles. The number of amides is 1. The Morgan fingerprint density at radius 1 is 1.05 bits per heavy atom. The topological polar surface area (TPSA) is 63.2 Å². The van der Waals surface area contributed by atoms with Crippen molar-refractivity contribution in [3.63, 3.8) is 0 Å². The molecule has 0 saturated carbocycles. The van der Waals surface area contributed by atoms with E-state index < -0.39 is 9.84 Å². The number of rotatable bonds is 6. The molecule has 2 aromatic rings. The summed E-state index contributed by atoms with van der Waals surface area (Å²) in [5.74, 6) is -0.327. The van der Waals surface area contributed by atoms with Gasteiger partial charge in [0.05, 0.1) is 11.5 Å². The summed E-state index contributed by atoms with van der Waals surface area (Å²) < 4.78 is 24.0. The molecule has 0 fully saturated rings.